The molecule has 1 aliphatic rings. The largest absolute Gasteiger partial charge is 0.462 e. The molecule has 0 radical (unpaired) electrons. The van der Waals surface area contributed by atoms with E-state index >= 15 is 0 Å². The molecule has 2 nitrogen and oxygen atoms in total. The molecule has 2 rings (SSSR count). The number of allylic oxidation sites excluding steroid dienone is 2. The van der Waals surface area contributed by atoms with Crippen molar-refractivity contribution in [2.24, 2.45) is 0 Å². The van der Waals surface area contributed by atoms with Crippen LogP contribution in [-0.2, 0) is 12.8 Å². The number of halogens is 1. The zero-order valence-electron chi connectivity index (χ0n) is 12.0. The van der Waals surface area contributed by atoms with Gasteiger partial charge in [-0.05, 0) is 50.6 Å². The van der Waals surface area contributed by atoms with Crippen molar-refractivity contribution >= 4 is 11.6 Å². The molecule has 3 heteroatoms. The fourth-order valence-electron chi connectivity index (χ4n) is 2.48. The van der Waals surface area contributed by atoms with Crippen molar-refractivity contribution in [3.8, 4) is 5.75 Å². The standard InChI is InChI=1S/C16H22ClNO/c1-4-12(5-2)19-16-7-6-15(17)13-8-10-18(3)11-9-14(13)16/h4,6-7H,5,8-11H2,1-3H3. The Kier molecular flexibility index (Phi) is 4.89. The van der Waals surface area contributed by atoms with E-state index in [9.17, 15) is 0 Å². The van der Waals surface area contributed by atoms with Crippen LogP contribution in [-0.4, -0.2) is 25.0 Å². The van der Waals surface area contributed by atoms with Gasteiger partial charge >= 0.3 is 0 Å². The number of hydrogen-bond acceptors (Lipinski definition) is 2. The van der Waals surface area contributed by atoms with Crippen LogP contribution < -0.4 is 4.74 Å². The highest BCUT2D eigenvalue weighted by molar-refractivity contribution is 6.31. The first-order valence-corrected chi connectivity index (χ1v) is 7.35. The average Bonchev–Trinajstić information content (AvgIpc) is 2.61. The van der Waals surface area contributed by atoms with Crippen molar-refractivity contribution in [3.63, 3.8) is 0 Å². The normalized spacial score (nSPS) is 16.9. The van der Waals surface area contributed by atoms with Gasteiger partial charge in [-0.25, -0.2) is 0 Å². The molecule has 0 spiro atoms. The number of rotatable bonds is 3. The summed E-state index contributed by atoms with van der Waals surface area (Å²) in [4.78, 5) is 2.34. The van der Waals surface area contributed by atoms with Crippen LogP contribution in [0.3, 0.4) is 0 Å². The second kappa shape index (κ2) is 6.44. The van der Waals surface area contributed by atoms with Gasteiger partial charge in [-0.15, -0.1) is 0 Å². The van der Waals surface area contributed by atoms with Crippen LogP contribution in [0, 0.1) is 0 Å². The quantitative estimate of drug-likeness (QED) is 0.774. The Morgan fingerprint density at radius 2 is 2.00 bits per heavy atom. The zero-order chi connectivity index (χ0) is 13.8. The fourth-order valence-corrected chi connectivity index (χ4v) is 2.75. The van der Waals surface area contributed by atoms with Gasteiger partial charge in [-0.2, -0.15) is 0 Å². The maximum absolute atomic E-state index is 6.35. The van der Waals surface area contributed by atoms with E-state index in [4.69, 9.17) is 16.3 Å². The lowest BCUT2D eigenvalue weighted by molar-refractivity contribution is 0.350. The van der Waals surface area contributed by atoms with Gasteiger partial charge in [0.25, 0.3) is 0 Å². The number of ether oxygens (including phenoxy) is 1. The fraction of sp³-hybridized carbons (Fsp3) is 0.500. The summed E-state index contributed by atoms with van der Waals surface area (Å²) in [5.74, 6) is 1.99. The van der Waals surface area contributed by atoms with E-state index in [0.717, 1.165) is 48.9 Å². The molecule has 0 aliphatic carbocycles. The number of hydrogen-bond donors (Lipinski definition) is 0. The maximum Gasteiger partial charge on any atom is 0.130 e. The molecule has 0 atom stereocenters. The van der Waals surface area contributed by atoms with Gasteiger partial charge in [-0.3, -0.25) is 0 Å². The van der Waals surface area contributed by atoms with Gasteiger partial charge < -0.3 is 9.64 Å². The van der Waals surface area contributed by atoms with Crippen molar-refractivity contribution in [2.75, 3.05) is 20.1 Å². The molecule has 0 N–H and O–H groups in total. The molecule has 104 valence electrons. The van der Waals surface area contributed by atoms with Crippen molar-refractivity contribution < 1.29 is 4.74 Å². The van der Waals surface area contributed by atoms with Crippen LogP contribution in [0.1, 0.15) is 31.4 Å². The summed E-state index contributed by atoms with van der Waals surface area (Å²) < 4.78 is 6.04. The van der Waals surface area contributed by atoms with Crippen molar-refractivity contribution in [1.29, 1.82) is 0 Å². The Labute approximate surface area is 121 Å². The highest BCUT2D eigenvalue weighted by atomic mass is 35.5. The molecule has 1 aromatic rings. The van der Waals surface area contributed by atoms with Gasteiger partial charge in [0.1, 0.15) is 5.75 Å². The van der Waals surface area contributed by atoms with E-state index in [-0.39, 0.29) is 0 Å². The highest BCUT2D eigenvalue weighted by Crippen LogP contribution is 2.32. The topological polar surface area (TPSA) is 12.5 Å². The van der Waals surface area contributed by atoms with Gasteiger partial charge in [0.05, 0.1) is 5.76 Å². The summed E-state index contributed by atoms with van der Waals surface area (Å²) in [5.41, 5.74) is 2.54. The molecule has 1 aromatic carbocycles. The Hall–Kier alpha value is -0.990. The van der Waals surface area contributed by atoms with E-state index in [1.54, 1.807) is 0 Å². The van der Waals surface area contributed by atoms with E-state index < -0.39 is 0 Å². The predicted octanol–water partition coefficient (Wildman–Crippen LogP) is 4.06. The summed E-state index contributed by atoms with van der Waals surface area (Å²) in [6.45, 7) is 6.24. The third-order valence-corrected chi connectivity index (χ3v) is 4.08. The molecule has 0 aromatic heterocycles. The Balaban J connectivity index is 2.36. The predicted molar refractivity (Wildman–Crippen MR) is 81.0 cm³/mol. The lowest BCUT2D eigenvalue weighted by Crippen LogP contribution is -2.20. The van der Waals surface area contributed by atoms with E-state index in [2.05, 4.69) is 18.9 Å². The zero-order valence-corrected chi connectivity index (χ0v) is 12.8. The summed E-state index contributed by atoms with van der Waals surface area (Å²) in [7, 11) is 2.16. The first kappa shape index (κ1) is 14.4. The van der Waals surface area contributed by atoms with Gasteiger partial charge in [0, 0.05) is 30.1 Å². The molecule has 1 aliphatic heterocycles. The first-order chi connectivity index (χ1) is 9.15. The molecule has 0 unspecified atom stereocenters. The van der Waals surface area contributed by atoms with E-state index in [0.29, 0.717) is 0 Å². The minimum atomic E-state index is 0.871. The third kappa shape index (κ3) is 3.31. The average molecular weight is 280 g/mol. The van der Waals surface area contributed by atoms with E-state index in [1.165, 1.54) is 11.1 Å². The molecule has 1 heterocycles. The van der Waals surface area contributed by atoms with Crippen molar-refractivity contribution in [2.45, 2.75) is 33.1 Å². The van der Waals surface area contributed by atoms with Crippen LogP contribution in [0.15, 0.2) is 24.0 Å². The van der Waals surface area contributed by atoms with Gasteiger partial charge in [0.2, 0.25) is 0 Å². The first-order valence-electron chi connectivity index (χ1n) is 6.97. The Morgan fingerprint density at radius 3 is 2.63 bits per heavy atom. The van der Waals surface area contributed by atoms with Crippen LogP contribution in [0.2, 0.25) is 5.02 Å². The molecular weight excluding hydrogens is 258 g/mol. The van der Waals surface area contributed by atoms with Crippen LogP contribution in [0.4, 0.5) is 0 Å². The van der Waals surface area contributed by atoms with E-state index in [1.807, 2.05) is 25.1 Å². The number of nitrogens with zero attached hydrogens (tertiary/aromatic N) is 1. The molecule has 0 saturated carbocycles. The van der Waals surface area contributed by atoms with Crippen LogP contribution in [0.5, 0.6) is 5.75 Å². The SMILES string of the molecule is CC=C(CC)Oc1ccc(Cl)c2c1CCN(C)CC2. The third-order valence-electron chi connectivity index (χ3n) is 3.73. The highest BCUT2D eigenvalue weighted by Gasteiger charge is 2.18. The minimum absolute atomic E-state index is 0.871. The van der Waals surface area contributed by atoms with Crippen molar-refractivity contribution in [1.82, 2.24) is 4.90 Å². The molecular formula is C16H22ClNO. The Bertz CT molecular complexity index is 482. The number of fused-ring (bicyclic) bond motifs is 1. The summed E-state index contributed by atoms with van der Waals surface area (Å²) in [6, 6.07) is 3.97. The lowest BCUT2D eigenvalue weighted by Gasteiger charge is -2.15. The van der Waals surface area contributed by atoms with Crippen LogP contribution in [0.25, 0.3) is 0 Å². The monoisotopic (exact) mass is 279 g/mol. The molecule has 0 fully saturated rings. The molecule has 0 saturated heterocycles. The number of likely N-dealkylation sites (N-methyl/N-ethyl adjacent to an activating group) is 1. The smallest absolute Gasteiger partial charge is 0.130 e. The van der Waals surface area contributed by atoms with Gasteiger partial charge in [-0.1, -0.05) is 18.5 Å². The summed E-state index contributed by atoms with van der Waals surface area (Å²) in [6.07, 6.45) is 4.94. The van der Waals surface area contributed by atoms with Crippen molar-refractivity contribution in [3.05, 3.63) is 40.1 Å². The molecule has 19 heavy (non-hydrogen) atoms. The van der Waals surface area contributed by atoms with Gasteiger partial charge in [0.15, 0.2) is 0 Å². The molecule has 0 amide bonds. The summed E-state index contributed by atoms with van der Waals surface area (Å²) >= 11 is 6.35. The summed E-state index contributed by atoms with van der Waals surface area (Å²) in [5, 5.41) is 0.871. The maximum atomic E-state index is 6.35. The minimum Gasteiger partial charge on any atom is -0.462 e. The molecule has 0 bridgehead atoms. The second-order valence-corrected chi connectivity index (χ2v) is 5.42. The number of benzene rings is 1. The lowest BCUT2D eigenvalue weighted by atomic mass is 10.0. The Morgan fingerprint density at radius 1 is 1.32 bits per heavy atom. The second-order valence-electron chi connectivity index (χ2n) is 5.02. The van der Waals surface area contributed by atoms with Crippen LogP contribution >= 0.6 is 11.6 Å².